The Morgan fingerprint density at radius 1 is 1.39 bits per heavy atom. The molecule has 3 N–H and O–H groups in total. The Morgan fingerprint density at radius 3 is 3.00 bits per heavy atom. The van der Waals surface area contributed by atoms with Gasteiger partial charge in [0.25, 0.3) is 0 Å². The summed E-state index contributed by atoms with van der Waals surface area (Å²) in [6, 6.07) is 8.43. The predicted octanol–water partition coefficient (Wildman–Crippen LogP) is 1.31. The molecule has 1 saturated heterocycles. The van der Waals surface area contributed by atoms with Crippen LogP contribution in [-0.2, 0) is 6.42 Å². The van der Waals surface area contributed by atoms with Crippen molar-refractivity contribution >= 4 is 17.2 Å². The summed E-state index contributed by atoms with van der Waals surface area (Å²) in [5, 5.41) is 16.9. The van der Waals surface area contributed by atoms with Crippen molar-refractivity contribution in [2.24, 2.45) is 0 Å². The Labute approximate surface area is 113 Å². The molecule has 0 aromatic heterocycles. The normalized spacial score (nSPS) is 30.2. The highest BCUT2D eigenvalue weighted by Gasteiger charge is 2.32. The minimum Gasteiger partial charge on any atom is -0.390 e. The molecule has 3 nitrogen and oxygen atoms in total. The van der Waals surface area contributed by atoms with E-state index in [1.165, 1.54) is 17.5 Å². The van der Waals surface area contributed by atoms with Crippen LogP contribution in [0.25, 0.3) is 0 Å². The zero-order chi connectivity index (χ0) is 12.5. The summed E-state index contributed by atoms with van der Waals surface area (Å²) in [5.41, 5.74) is 2.41. The standard InChI is InChI=1S/C14H18N2OS/c17-12-8-9-4-1-2-5-10(9)13(12)16-14(18)11-6-3-7-15-11/h1-2,4-5,11-13,15,17H,3,6-8H2,(H,16,18)/t11-,12+,13-/m0/s1. The van der Waals surface area contributed by atoms with E-state index in [-0.39, 0.29) is 18.2 Å². The lowest BCUT2D eigenvalue weighted by Gasteiger charge is -2.22. The molecule has 0 radical (unpaired) electrons. The lowest BCUT2D eigenvalue weighted by Crippen LogP contribution is -2.42. The zero-order valence-corrected chi connectivity index (χ0v) is 11.0. The van der Waals surface area contributed by atoms with Gasteiger partial charge >= 0.3 is 0 Å². The van der Waals surface area contributed by atoms with E-state index in [9.17, 15) is 5.11 Å². The molecule has 1 aromatic rings. The molecule has 18 heavy (non-hydrogen) atoms. The molecule has 96 valence electrons. The molecule has 0 bridgehead atoms. The average molecular weight is 262 g/mol. The summed E-state index contributed by atoms with van der Waals surface area (Å²) < 4.78 is 0. The van der Waals surface area contributed by atoms with Crippen molar-refractivity contribution in [3.63, 3.8) is 0 Å². The second-order valence-corrected chi connectivity index (χ2v) is 5.55. The summed E-state index contributed by atoms with van der Waals surface area (Å²) in [4.78, 5) is 0.841. The van der Waals surface area contributed by atoms with Crippen molar-refractivity contribution in [2.45, 2.75) is 37.5 Å². The first-order valence-electron chi connectivity index (χ1n) is 6.55. The number of aliphatic hydroxyl groups excluding tert-OH is 1. The van der Waals surface area contributed by atoms with Crippen LogP contribution in [-0.4, -0.2) is 28.8 Å². The monoisotopic (exact) mass is 262 g/mol. The molecule has 2 aliphatic rings. The molecular weight excluding hydrogens is 244 g/mol. The molecule has 1 aromatic carbocycles. The van der Waals surface area contributed by atoms with Crippen molar-refractivity contribution in [1.29, 1.82) is 0 Å². The van der Waals surface area contributed by atoms with Gasteiger partial charge < -0.3 is 15.7 Å². The topological polar surface area (TPSA) is 44.3 Å². The first-order chi connectivity index (χ1) is 8.75. The molecule has 0 spiro atoms. The SMILES string of the molecule is O[C@@H]1Cc2ccccc2[C@@H]1NC(=S)[C@@H]1CCCN1. The number of hydrogen-bond donors (Lipinski definition) is 3. The Kier molecular flexibility index (Phi) is 3.33. The molecule has 1 aliphatic heterocycles. The van der Waals surface area contributed by atoms with Crippen LogP contribution < -0.4 is 10.6 Å². The van der Waals surface area contributed by atoms with E-state index in [0.717, 1.165) is 18.0 Å². The summed E-state index contributed by atoms with van der Waals surface area (Å²) in [6.45, 7) is 1.04. The zero-order valence-electron chi connectivity index (χ0n) is 10.2. The highest BCUT2D eigenvalue weighted by atomic mass is 32.1. The van der Waals surface area contributed by atoms with E-state index >= 15 is 0 Å². The molecule has 0 amide bonds. The van der Waals surface area contributed by atoms with E-state index in [4.69, 9.17) is 12.2 Å². The van der Waals surface area contributed by atoms with Gasteiger partial charge in [0.05, 0.1) is 23.2 Å². The average Bonchev–Trinajstić information content (AvgIpc) is 2.98. The minimum atomic E-state index is -0.373. The van der Waals surface area contributed by atoms with Gasteiger partial charge in [-0.3, -0.25) is 0 Å². The van der Waals surface area contributed by atoms with Crippen LogP contribution in [0, 0.1) is 0 Å². The number of nitrogens with one attached hydrogen (secondary N) is 2. The molecule has 0 unspecified atom stereocenters. The molecule has 3 atom stereocenters. The summed E-state index contributed by atoms with van der Waals surface area (Å²) >= 11 is 5.45. The van der Waals surface area contributed by atoms with Gasteiger partial charge in [-0.2, -0.15) is 0 Å². The van der Waals surface area contributed by atoms with E-state index in [0.29, 0.717) is 6.42 Å². The fraction of sp³-hybridized carbons (Fsp3) is 0.500. The van der Waals surface area contributed by atoms with Crippen LogP contribution in [0.15, 0.2) is 24.3 Å². The van der Waals surface area contributed by atoms with E-state index < -0.39 is 0 Å². The number of fused-ring (bicyclic) bond motifs is 1. The van der Waals surface area contributed by atoms with Gasteiger partial charge in [0.2, 0.25) is 0 Å². The highest BCUT2D eigenvalue weighted by molar-refractivity contribution is 7.80. The second-order valence-electron chi connectivity index (χ2n) is 5.11. The largest absolute Gasteiger partial charge is 0.390 e. The fourth-order valence-corrected chi connectivity index (χ4v) is 3.24. The third-order valence-corrected chi connectivity index (χ3v) is 4.28. The molecule has 0 saturated carbocycles. The van der Waals surface area contributed by atoms with Crippen molar-refractivity contribution in [1.82, 2.24) is 10.6 Å². The van der Waals surface area contributed by atoms with Gasteiger partial charge in [-0.15, -0.1) is 0 Å². The summed E-state index contributed by atoms with van der Waals surface area (Å²) in [7, 11) is 0. The van der Waals surface area contributed by atoms with Gasteiger partial charge in [0, 0.05) is 6.42 Å². The molecule has 1 fully saturated rings. The van der Waals surface area contributed by atoms with Crippen LogP contribution in [0.1, 0.15) is 30.0 Å². The van der Waals surface area contributed by atoms with Gasteiger partial charge in [-0.05, 0) is 30.5 Å². The maximum absolute atomic E-state index is 10.2. The molecule has 1 heterocycles. The first kappa shape index (κ1) is 12.1. The maximum atomic E-state index is 10.2. The van der Waals surface area contributed by atoms with Crippen molar-refractivity contribution in [3.8, 4) is 0 Å². The lowest BCUT2D eigenvalue weighted by atomic mass is 10.1. The van der Waals surface area contributed by atoms with Gasteiger partial charge in [0.1, 0.15) is 0 Å². The Hall–Kier alpha value is -0.970. The van der Waals surface area contributed by atoms with Crippen LogP contribution >= 0.6 is 12.2 Å². The maximum Gasteiger partial charge on any atom is 0.0931 e. The summed E-state index contributed by atoms with van der Waals surface area (Å²) in [6.07, 6.45) is 2.61. The van der Waals surface area contributed by atoms with E-state index in [2.05, 4.69) is 22.8 Å². The highest BCUT2D eigenvalue weighted by Crippen LogP contribution is 2.31. The molecular formula is C14H18N2OS. The molecule has 1 aliphatic carbocycles. The van der Waals surface area contributed by atoms with Gasteiger partial charge in [0.15, 0.2) is 0 Å². The van der Waals surface area contributed by atoms with Crippen molar-refractivity contribution in [3.05, 3.63) is 35.4 Å². The van der Waals surface area contributed by atoms with Crippen LogP contribution in [0.3, 0.4) is 0 Å². The first-order valence-corrected chi connectivity index (χ1v) is 6.96. The van der Waals surface area contributed by atoms with E-state index in [1.54, 1.807) is 0 Å². The number of aliphatic hydroxyl groups is 1. The van der Waals surface area contributed by atoms with Crippen molar-refractivity contribution in [2.75, 3.05) is 6.54 Å². The van der Waals surface area contributed by atoms with E-state index in [1.807, 2.05) is 12.1 Å². The Balaban J connectivity index is 1.74. The van der Waals surface area contributed by atoms with Crippen molar-refractivity contribution < 1.29 is 5.11 Å². The Bertz CT molecular complexity index is 457. The quantitative estimate of drug-likeness (QED) is 0.703. The smallest absolute Gasteiger partial charge is 0.0931 e. The van der Waals surface area contributed by atoms with Crippen LogP contribution in [0.2, 0.25) is 0 Å². The minimum absolute atomic E-state index is 0.0453. The fourth-order valence-electron chi connectivity index (χ4n) is 2.91. The lowest BCUT2D eigenvalue weighted by molar-refractivity contribution is 0.150. The molecule has 3 rings (SSSR count). The number of benzene rings is 1. The number of hydrogen-bond acceptors (Lipinski definition) is 3. The third kappa shape index (κ3) is 2.16. The predicted molar refractivity (Wildman–Crippen MR) is 75.7 cm³/mol. The molecule has 4 heteroatoms. The number of rotatable bonds is 2. The summed E-state index contributed by atoms with van der Waals surface area (Å²) in [5.74, 6) is 0. The Morgan fingerprint density at radius 2 is 2.22 bits per heavy atom. The van der Waals surface area contributed by atoms with Crippen LogP contribution in [0.4, 0.5) is 0 Å². The van der Waals surface area contributed by atoms with Crippen LogP contribution in [0.5, 0.6) is 0 Å². The van der Waals surface area contributed by atoms with Gasteiger partial charge in [-0.1, -0.05) is 36.5 Å². The van der Waals surface area contributed by atoms with Gasteiger partial charge in [-0.25, -0.2) is 0 Å². The second kappa shape index (κ2) is 4.96. The third-order valence-electron chi connectivity index (χ3n) is 3.88. The number of thiocarbonyl (C=S) groups is 1.